The summed E-state index contributed by atoms with van der Waals surface area (Å²) in [5, 5.41) is 3.56. The van der Waals surface area contributed by atoms with Crippen molar-refractivity contribution >= 4 is 17.3 Å². The van der Waals surface area contributed by atoms with Crippen LogP contribution >= 0.6 is 12.2 Å². The number of nitrogens with one attached hydrogen (secondary N) is 3. The highest BCUT2D eigenvalue weighted by Crippen LogP contribution is 1.81. The van der Waals surface area contributed by atoms with Gasteiger partial charge in [0.15, 0.2) is 5.11 Å². The van der Waals surface area contributed by atoms with E-state index in [1.54, 1.807) is 0 Å². The van der Waals surface area contributed by atoms with E-state index in [-0.39, 0.29) is 0 Å². The molecule has 13 heavy (non-hydrogen) atoms. The minimum absolute atomic E-state index is 0.573. The zero-order valence-electron chi connectivity index (χ0n) is 8.24. The van der Waals surface area contributed by atoms with E-state index in [0.29, 0.717) is 18.2 Å². The number of hydrazine groups is 1. The molecule has 74 valence electrons. The van der Waals surface area contributed by atoms with Gasteiger partial charge in [-0.05, 0) is 26.1 Å². The average molecular weight is 199 g/mol. The molecule has 0 saturated carbocycles. The third-order valence-electron chi connectivity index (χ3n) is 1.14. The quantitative estimate of drug-likeness (QED) is 0.352. The number of rotatable bonds is 5. The minimum Gasteiger partial charge on any atom is -0.358 e. The van der Waals surface area contributed by atoms with Gasteiger partial charge in [0.1, 0.15) is 0 Å². The van der Waals surface area contributed by atoms with E-state index in [9.17, 15) is 0 Å². The van der Waals surface area contributed by atoms with Crippen LogP contribution in [0.15, 0.2) is 24.3 Å². The van der Waals surface area contributed by atoms with Crippen molar-refractivity contribution in [3.63, 3.8) is 0 Å². The Hall–Kier alpha value is -0.870. The Balaban J connectivity index is 3.41. The Bertz CT molecular complexity index is 211. The van der Waals surface area contributed by atoms with Gasteiger partial charge in [-0.2, -0.15) is 0 Å². The summed E-state index contributed by atoms with van der Waals surface area (Å²) in [6, 6.07) is 0. The molecule has 3 nitrogen and oxygen atoms in total. The molecule has 0 aromatic carbocycles. The lowest BCUT2D eigenvalue weighted by atomic mass is 10.3. The maximum Gasteiger partial charge on any atom is 0.181 e. The van der Waals surface area contributed by atoms with Crippen molar-refractivity contribution in [1.82, 2.24) is 16.2 Å². The Kier molecular flexibility index (Phi) is 6.18. The molecular weight excluding hydrogens is 182 g/mol. The highest BCUT2D eigenvalue weighted by atomic mass is 32.1. The van der Waals surface area contributed by atoms with E-state index in [1.165, 1.54) is 0 Å². The predicted molar refractivity (Wildman–Crippen MR) is 61.4 cm³/mol. The number of thiocarbonyl (C=S) groups is 1. The van der Waals surface area contributed by atoms with Gasteiger partial charge < -0.3 is 5.32 Å². The zero-order valence-corrected chi connectivity index (χ0v) is 9.05. The summed E-state index contributed by atoms with van der Waals surface area (Å²) in [5.74, 6) is 0. The topological polar surface area (TPSA) is 36.1 Å². The second-order valence-corrected chi connectivity index (χ2v) is 3.48. The first-order chi connectivity index (χ1) is 6.02. The van der Waals surface area contributed by atoms with Crippen molar-refractivity contribution in [1.29, 1.82) is 0 Å². The molecule has 0 aliphatic rings. The molecule has 0 spiro atoms. The summed E-state index contributed by atoms with van der Waals surface area (Å²) in [7, 11) is 0. The summed E-state index contributed by atoms with van der Waals surface area (Å²) in [6.07, 6.45) is 0. The lowest BCUT2D eigenvalue weighted by Crippen LogP contribution is -2.44. The van der Waals surface area contributed by atoms with E-state index in [4.69, 9.17) is 12.2 Å². The van der Waals surface area contributed by atoms with Crippen molar-refractivity contribution in [2.45, 2.75) is 13.8 Å². The van der Waals surface area contributed by atoms with Crippen molar-refractivity contribution < 1.29 is 0 Å². The molecule has 0 rings (SSSR count). The smallest absolute Gasteiger partial charge is 0.181 e. The SMILES string of the molecule is C=C(C)CNNC(=S)NCC(=C)C. The monoisotopic (exact) mass is 199 g/mol. The fourth-order valence-electron chi connectivity index (χ4n) is 0.551. The second-order valence-electron chi connectivity index (χ2n) is 3.08. The minimum atomic E-state index is 0.573. The van der Waals surface area contributed by atoms with Gasteiger partial charge in [0.05, 0.1) is 0 Å². The van der Waals surface area contributed by atoms with E-state index in [2.05, 4.69) is 29.3 Å². The molecule has 0 unspecified atom stereocenters. The lowest BCUT2D eigenvalue weighted by Gasteiger charge is -2.10. The van der Waals surface area contributed by atoms with E-state index in [1.807, 2.05) is 13.8 Å². The molecule has 0 fully saturated rings. The van der Waals surface area contributed by atoms with Crippen LogP contribution in [0.2, 0.25) is 0 Å². The molecule has 0 aliphatic carbocycles. The van der Waals surface area contributed by atoms with Crippen molar-refractivity contribution in [2.24, 2.45) is 0 Å². The van der Waals surface area contributed by atoms with Crippen LogP contribution in [0.1, 0.15) is 13.8 Å². The molecule has 0 amide bonds. The molecule has 0 bridgehead atoms. The van der Waals surface area contributed by atoms with Crippen LogP contribution in [-0.4, -0.2) is 18.2 Å². The first kappa shape index (κ1) is 12.1. The first-order valence-corrected chi connectivity index (χ1v) is 4.48. The van der Waals surface area contributed by atoms with Gasteiger partial charge in [-0.25, -0.2) is 5.43 Å². The Morgan fingerprint density at radius 1 is 1.15 bits per heavy atom. The van der Waals surface area contributed by atoms with Gasteiger partial charge in [0.2, 0.25) is 0 Å². The molecule has 0 aliphatic heterocycles. The third kappa shape index (κ3) is 9.04. The fraction of sp³-hybridized carbons (Fsp3) is 0.444. The molecule has 0 heterocycles. The highest BCUT2D eigenvalue weighted by Gasteiger charge is 1.92. The number of hydrogen-bond acceptors (Lipinski definition) is 2. The van der Waals surface area contributed by atoms with Crippen LogP contribution in [0.4, 0.5) is 0 Å². The normalized spacial score (nSPS) is 9.08. The highest BCUT2D eigenvalue weighted by molar-refractivity contribution is 7.80. The van der Waals surface area contributed by atoms with Gasteiger partial charge in [0.25, 0.3) is 0 Å². The second kappa shape index (κ2) is 6.62. The van der Waals surface area contributed by atoms with E-state index >= 15 is 0 Å². The van der Waals surface area contributed by atoms with Gasteiger partial charge in [-0.3, -0.25) is 5.43 Å². The summed E-state index contributed by atoms with van der Waals surface area (Å²) in [5.41, 5.74) is 7.86. The fourth-order valence-corrected chi connectivity index (χ4v) is 0.695. The molecule has 0 aromatic rings. The Labute approximate surface area is 85.3 Å². The van der Waals surface area contributed by atoms with Crippen LogP contribution < -0.4 is 16.2 Å². The van der Waals surface area contributed by atoms with Crippen LogP contribution in [0.3, 0.4) is 0 Å². The molecular formula is C9H17N3S. The standard InChI is InChI=1S/C9H17N3S/c1-7(2)5-10-9(13)12-11-6-8(3)4/h11H,1,3,5-6H2,2,4H3,(H2,10,12,13). The van der Waals surface area contributed by atoms with Crippen LogP contribution in [0, 0.1) is 0 Å². The summed E-state index contributed by atoms with van der Waals surface area (Å²) in [4.78, 5) is 0. The third-order valence-corrected chi connectivity index (χ3v) is 1.39. The summed E-state index contributed by atoms with van der Waals surface area (Å²) < 4.78 is 0. The molecule has 0 saturated heterocycles. The Morgan fingerprint density at radius 3 is 2.15 bits per heavy atom. The van der Waals surface area contributed by atoms with Gasteiger partial charge >= 0.3 is 0 Å². The Morgan fingerprint density at radius 2 is 1.69 bits per heavy atom. The largest absolute Gasteiger partial charge is 0.358 e. The van der Waals surface area contributed by atoms with E-state index < -0.39 is 0 Å². The van der Waals surface area contributed by atoms with Gasteiger partial charge in [0, 0.05) is 13.1 Å². The van der Waals surface area contributed by atoms with Crippen molar-refractivity contribution in [3.8, 4) is 0 Å². The molecule has 3 N–H and O–H groups in total. The zero-order chi connectivity index (χ0) is 10.3. The molecule has 4 heteroatoms. The van der Waals surface area contributed by atoms with Gasteiger partial charge in [-0.15, -0.1) is 0 Å². The van der Waals surface area contributed by atoms with Crippen LogP contribution in [0.25, 0.3) is 0 Å². The predicted octanol–water partition coefficient (Wildman–Crippen LogP) is 1.11. The first-order valence-electron chi connectivity index (χ1n) is 4.08. The number of hydrogen-bond donors (Lipinski definition) is 3. The average Bonchev–Trinajstić information content (AvgIpc) is 2.00. The van der Waals surface area contributed by atoms with Crippen molar-refractivity contribution in [2.75, 3.05) is 13.1 Å². The molecule has 0 radical (unpaired) electrons. The summed E-state index contributed by atoms with van der Waals surface area (Å²) >= 11 is 4.97. The molecule has 0 atom stereocenters. The lowest BCUT2D eigenvalue weighted by molar-refractivity contribution is 0.686. The van der Waals surface area contributed by atoms with Crippen molar-refractivity contribution in [3.05, 3.63) is 24.3 Å². The maximum atomic E-state index is 4.97. The maximum absolute atomic E-state index is 4.97. The summed E-state index contributed by atoms with van der Waals surface area (Å²) in [6.45, 7) is 12.8. The molecule has 0 aromatic heterocycles. The van der Waals surface area contributed by atoms with Gasteiger partial charge in [-0.1, -0.05) is 24.3 Å². The van der Waals surface area contributed by atoms with Crippen LogP contribution in [0.5, 0.6) is 0 Å². The van der Waals surface area contributed by atoms with Crippen LogP contribution in [-0.2, 0) is 0 Å². The van der Waals surface area contributed by atoms with E-state index in [0.717, 1.165) is 11.1 Å².